The van der Waals surface area contributed by atoms with Crippen LogP contribution in [-0.4, -0.2) is 35.2 Å². The molecule has 0 radical (unpaired) electrons. The predicted octanol–water partition coefficient (Wildman–Crippen LogP) is 4.64. The first-order chi connectivity index (χ1) is 12.4. The van der Waals surface area contributed by atoms with Gasteiger partial charge in [0, 0.05) is 6.92 Å². The fourth-order valence-electron chi connectivity index (χ4n) is 2.85. The molecular weight excluding hydrogens is 336 g/mol. The summed E-state index contributed by atoms with van der Waals surface area (Å²) in [5.74, 6) is -1.89. The van der Waals surface area contributed by atoms with Crippen LogP contribution in [0, 0.1) is 0 Å². The van der Waals surface area contributed by atoms with Gasteiger partial charge >= 0.3 is 17.9 Å². The number of ether oxygens (including phenoxy) is 2. The molecule has 0 rings (SSSR count). The highest BCUT2D eigenvalue weighted by Gasteiger charge is 2.22. The molecule has 0 amide bonds. The van der Waals surface area contributed by atoms with Crippen LogP contribution < -0.4 is 0 Å². The first-order valence-electron chi connectivity index (χ1n) is 9.97. The second-order valence-electron chi connectivity index (χ2n) is 6.84. The smallest absolute Gasteiger partial charge is 0.309 e. The molecule has 26 heavy (non-hydrogen) atoms. The summed E-state index contributed by atoms with van der Waals surface area (Å²) < 4.78 is 10.6. The van der Waals surface area contributed by atoms with Gasteiger partial charge in [-0.1, -0.05) is 52.4 Å². The van der Waals surface area contributed by atoms with E-state index in [0.717, 1.165) is 51.4 Å². The van der Waals surface area contributed by atoms with Gasteiger partial charge in [-0.3, -0.25) is 14.4 Å². The number of carboxylic acid groups (broad SMARTS) is 1. The van der Waals surface area contributed by atoms with Gasteiger partial charge < -0.3 is 14.6 Å². The van der Waals surface area contributed by atoms with Gasteiger partial charge in [0.2, 0.25) is 0 Å². The Bertz CT molecular complexity index is 407. The van der Waals surface area contributed by atoms with E-state index in [1.807, 2.05) is 0 Å². The molecule has 0 aliphatic rings. The standard InChI is InChI=1S/C20H36O6/c1-4-6-8-9-11-13-17(14-19(22)23)26-20(24)15-18(25-16(3)21)12-10-7-5-2/h17-18H,4-15H2,1-3H3,(H,22,23)/t17-,18-/m1/s1. The van der Waals surface area contributed by atoms with Crippen molar-refractivity contribution in [1.29, 1.82) is 0 Å². The molecule has 6 heteroatoms. The number of hydrogen-bond donors (Lipinski definition) is 1. The second-order valence-corrected chi connectivity index (χ2v) is 6.84. The maximum atomic E-state index is 12.2. The third kappa shape index (κ3) is 14.7. The van der Waals surface area contributed by atoms with Crippen molar-refractivity contribution in [2.45, 2.75) is 110 Å². The third-order valence-electron chi connectivity index (χ3n) is 4.19. The monoisotopic (exact) mass is 372 g/mol. The van der Waals surface area contributed by atoms with Crippen molar-refractivity contribution in [3.05, 3.63) is 0 Å². The summed E-state index contributed by atoms with van der Waals surface area (Å²) in [7, 11) is 0. The largest absolute Gasteiger partial charge is 0.481 e. The lowest BCUT2D eigenvalue weighted by atomic mass is 10.1. The summed E-state index contributed by atoms with van der Waals surface area (Å²) >= 11 is 0. The van der Waals surface area contributed by atoms with Gasteiger partial charge in [-0.2, -0.15) is 0 Å². The highest BCUT2D eigenvalue weighted by Crippen LogP contribution is 2.16. The molecule has 0 spiro atoms. The average molecular weight is 373 g/mol. The van der Waals surface area contributed by atoms with Crippen molar-refractivity contribution in [1.82, 2.24) is 0 Å². The van der Waals surface area contributed by atoms with Crippen molar-refractivity contribution < 1.29 is 29.0 Å². The van der Waals surface area contributed by atoms with Crippen LogP contribution in [-0.2, 0) is 23.9 Å². The van der Waals surface area contributed by atoms with Crippen LogP contribution in [0.2, 0.25) is 0 Å². The molecule has 0 heterocycles. The normalized spacial score (nSPS) is 13.0. The van der Waals surface area contributed by atoms with E-state index in [1.165, 1.54) is 6.92 Å². The Labute approximate surface area is 157 Å². The third-order valence-corrected chi connectivity index (χ3v) is 4.19. The molecule has 2 atom stereocenters. The van der Waals surface area contributed by atoms with E-state index in [2.05, 4.69) is 13.8 Å². The SMILES string of the molecule is CCCCCCC[C@H](CC(=O)O)OC(=O)C[C@@H](CCCCC)OC(C)=O. The lowest BCUT2D eigenvalue weighted by molar-refractivity contribution is -0.158. The molecule has 0 unspecified atom stereocenters. The Kier molecular flexibility index (Phi) is 14.7. The second kappa shape index (κ2) is 15.6. The number of carboxylic acids is 1. The van der Waals surface area contributed by atoms with E-state index in [4.69, 9.17) is 14.6 Å². The zero-order chi connectivity index (χ0) is 19.8. The van der Waals surface area contributed by atoms with Crippen LogP contribution in [0.5, 0.6) is 0 Å². The van der Waals surface area contributed by atoms with Crippen LogP contribution in [0.4, 0.5) is 0 Å². The van der Waals surface area contributed by atoms with E-state index < -0.39 is 30.1 Å². The number of carbonyl (C=O) groups excluding carboxylic acids is 2. The Morgan fingerprint density at radius 2 is 1.27 bits per heavy atom. The minimum atomic E-state index is -0.976. The predicted molar refractivity (Wildman–Crippen MR) is 99.8 cm³/mol. The first-order valence-corrected chi connectivity index (χ1v) is 9.97. The summed E-state index contributed by atoms with van der Waals surface area (Å²) in [4.78, 5) is 34.4. The minimum Gasteiger partial charge on any atom is -0.481 e. The highest BCUT2D eigenvalue weighted by atomic mass is 16.6. The Morgan fingerprint density at radius 3 is 1.81 bits per heavy atom. The molecule has 1 N–H and O–H groups in total. The van der Waals surface area contributed by atoms with E-state index >= 15 is 0 Å². The molecule has 0 bridgehead atoms. The maximum Gasteiger partial charge on any atom is 0.309 e. The number of aliphatic carboxylic acids is 1. The number of rotatable bonds is 16. The highest BCUT2D eigenvalue weighted by molar-refractivity contribution is 5.72. The van der Waals surface area contributed by atoms with Crippen molar-refractivity contribution in [3.63, 3.8) is 0 Å². The van der Waals surface area contributed by atoms with Crippen molar-refractivity contribution in [2.24, 2.45) is 0 Å². The van der Waals surface area contributed by atoms with E-state index in [0.29, 0.717) is 12.8 Å². The summed E-state index contributed by atoms with van der Waals surface area (Å²) in [6.07, 6.45) is 8.02. The maximum absolute atomic E-state index is 12.2. The molecule has 0 aliphatic carbocycles. The van der Waals surface area contributed by atoms with Crippen LogP contribution >= 0.6 is 0 Å². The molecule has 0 fully saturated rings. The van der Waals surface area contributed by atoms with E-state index in [-0.39, 0.29) is 12.8 Å². The van der Waals surface area contributed by atoms with Crippen molar-refractivity contribution in [2.75, 3.05) is 0 Å². The van der Waals surface area contributed by atoms with Crippen LogP contribution in [0.15, 0.2) is 0 Å². The van der Waals surface area contributed by atoms with Gasteiger partial charge in [-0.15, -0.1) is 0 Å². The number of unbranched alkanes of at least 4 members (excludes halogenated alkanes) is 6. The molecule has 0 aromatic heterocycles. The van der Waals surface area contributed by atoms with Crippen LogP contribution in [0.3, 0.4) is 0 Å². The van der Waals surface area contributed by atoms with Gasteiger partial charge in [0.15, 0.2) is 0 Å². The number of carbonyl (C=O) groups is 3. The lowest BCUT2D eigenvalue weighted by Gasteiger charge is -2.20. The first kappa shape index (κ1) is 24.4. The van der Waals surface area contributed by atoms with Gasteiger partial charge in [-0.05, 0) is 25.7 Å². The molecule has 6 nitrogen and oxygen atoms in total. The molecule has 0 saturated heterocycles. The van der Waals surface area contributed by atoms with E-state index in [9.17, 15) is 14.4 Å². The Hall–Kier alpha value is -1.59. The van der Waals surface area contributed by atoms with Gasteiger partial charge in [-0.25, -0.2) is 0 Å². The van der Waals surface area contributed by atoms with Gasteiger partial charge in [0.1, 0.15) is 12.2 Å². The topological polar surface area (TPSA) is 89.9 Å². The zero-order valence-electron chi connectivity index (χ0n) is 16.6. The minimum absolute atomic E-state index is 0.0186. The van der Waals surface area contributed by atoms with Crippen LogP contribution in [0.25, 0.3) is 0 Å². The fraction of sp³-hybridized carbons (Fsp3) is 0.850. The molecule has 152 valence electrons. The van der Waals surface area contributed by atoms with E-state index in [1.54, 1.807) is 0 Å². The summed E-state index contributed by atoms with van der Waals surface area (Å²) in [6, 6.07) is 0. The average Bonchev–Trinajstić information content (AvgIpc) is 2.53. The summed E-state index contributed by atoms with van der Waals surface area (Å²) in [5, 5.41) is 9.02. The van der Waals surface area contributed by atoms with Crippen molar-refractivity contribution >= 4 is 17.9 Å². The molecular formula is C20H36O6. The lowest BCUT2D eigenvalue weighted by Crippen LogP contribution is -2.26. The molecule has 0 aromatic rings. The van der Waals surface area contributed by atoms with Crippen molar-refractivity contribution in [3.8, 4) is 0 Å². The van der Waals surface area contributed by atoms with Gasteiger partial charge in [0.05, 0.1) is 12.8 Å². The quantitative estimate of drug-likeness (QED) is 0.314. The van der Waals surface area contributed by atoms with Gasteiger partial charge in [0.25, 0.3) is 0 Å². The molecule has 0 aliphatic heterocycles. The fourth-order valence-corrected chi connectivity index (χ4v) is 2.85. The summed E-state index contributed by atoms with van der Waals surface area (Å²) in [6.45, 7) is 5.53. The van der Waals surface area contributed by atoms with Crippen LogP contribution in [0.1, 0.15) is 97.8 Å². The summed E-state index contributed by atoms with van der Waals surface area (Å²) in [5.41, 5.74) is 0. The molecule has 0 aromatic carbocycles. The number of hydrogen-bond acceptors (Lipinski definition) is 5. The zero-order valence-corrected chi connectivity index (χ0v) is 16.6. The number of esters is 2. The Balaban J connectivity index is 4.46. The Morgan fingerprint density at radius 1 is 0.769 bits per heavy atom. The molecule has 0 saturated carbocycles.